The third kappa shape index (κ3) is 4.55. The Morgan fingerprint density at radius 1 is 0.400 bits per heavy atom. The molecule has 0 bridgehead atoms. The van der Waals surface area contributed by atoms with E-state index >= 15 is 0 Å². The van der Waals surface area contributed by atoms with E-state index in [1.807, 2.05) is 0 Å². The zero-order chi connectivity index (χ0) is 41.7. The lowest BCUT2D eigenvalue weighted by atomic mass is 9.70. The van der Waals surface area contributed by atoms with Crippen LogP contribution in [0.5, 0.6) is 0 Å². The van der Waals surface area contributed by atoms with Crippen LogP contribution >= 0.6 is 0 Å². The molecule has 2 heteroatoms. The Labute approximate surface area is 354 Å². The second-order valence-electron chi connectivity index (χ2n) is 22.6. The normalized spacial score (nSPS) is 17.0. The van der Waals surface area contributed by atoms with Crippen LogP contribution in [0.2, 0.25) is 0 Å². The van der Waals surface area contributed by atoms with Gasteiger partial charge in [0.25, 0.3) is 0 Å². The fourth-order valence-corrected chi connectivity index (χ4v) is 11.6. The average molecular weight is 781 g/mol. The Hall–Kier alpha value is -5.60. The summed E-state index contributed by atoms with van der Waals surface area (Å²) in [5.41, 5.74) is 19.6. The molecular weight excluding hydrogens is 725 g/mol. The Bertz CT molecular complexity index is 3520. The fourth-order valence-electron chi connectivity index (χ4n) is 11.6. The zero-order valence-electron chi connectivity index (χ0n) is 37.4. The largest absolute Gasteiger partial charge is 0.332 e. The van der Waals surface area contributed by atoms with Crippen molar-refractivity contribution in [2.75, 3.05) is 0 Å². The van der Waals surface area contributed by atoms with Gasteiger partial charge in [0, 0.05) is 49.1 Å². The van der Waals surface area contributed by atoms with Gasteiger partial charge in [0.2, 0.25) is 0 Å². The van der Waals surface area contributed by atoms with Gasteiger partial charge in [-0.05, 0) is 120 Å². The molecule has 0 N–H and O–H groups in total. The third-order valence-corrected chi connectivity index (χ3v) is 14.8. The van der Waals surface area contributed by atoms with Gasteiger partial charge >= 0.3 is 0 Å². The molecular formula is C58H56N2. The Balaban J connectivity index is 1.30. The molecule has 298 valence electrons. The first-order chi connectivity index (χ1) is 28.3. The molecule has 0 spiro atoms. The van der Waals surface area contributed by atoms with Crippen molar-refractivity contribution in [1.29, 1.82) is 0 Å². The van der Waals surface area contributed by atoms with Crippen LogP contribution in [0.25, 0.3) is 81.8 Å². The minimum absolute atomic E-state index is 0.00923. The number of nitrogens with zero attached hydrogens (tertiary/aromatic N) is 2. The smallest absolute Gasteiger partial charge is 0.0708 e. The standard InChI is InChI=1S/C58H56N2/c1-55(2,3)31-21-23-45-39(25-31)41-27-33(57(7,8)9)29-43-49-47-36-18-14-16-20-38(36)54-50(48(47)35-17-13-15-19-37(35)53(49)59(45)51(41)43)44-30-34(58(10,11)12)28-42-40-26-32(56(4,5)6)22-24-46(40)60(54)52(42)44/h13-30,49,53H,1-12H3. The number of fused-ring (bicyclic) bond motifs is 21. The van der Waals surface area contributed by atoms with Crippen molar-refractivity contribution in [3.63, 3.8) is 0 Å². The summed E-state index contributed by atoms with van der Waals surface area (Å²) in [5.74, 6) is 0.156. The minimum Gasteiger partial charge on any atom is -0.332 e. The summed E-state index contributed by atoms with van der Waals surface area (Å²) in [6.45, 7) is 28.3. The van der Waals surface area contributed by atoms with Crippen molar-refractivity contribution in [2.45, 2.75) is 117 Å². The van der Waals surface area contributed by atoms with Crippen molar-refractivity contribution in [1.82, 2.24) is 8.97 Å². The minimum atomic E-state index is -0.0225. The predicted octanol–water partition coefficient (Wildman–Crippen LogP) is 16.0. The highest BCUT2D eigenvalue weighted by atomic mass is 15.1. The predicted molar refractivity (Wildman–Crippen MR) is 258 cm³/mol. The summed E-state index contributed by atoms with van der Waals surface area (Å²) in [6, 6.07) is 43.9. The molecule has 1 aliphatic carbocycles. The van der Waals surface area contributed by atoms with Crippen molar-refractivity contribution in [3.8, 4) is 11.1 Å². The summed E-state index contributed by atoms with van der Waals surface area (Å²) in [5, 5.41) is 11.0. The van der Waals surface area contributed by atoms with Gasteiger partial charge in [0.1, 0.15) is 0 Å². The number of benzene rings is 7. The molecule has 0 radical (unpaired) electrons. The molecule has 60 heavy (non-hydrogen) atoms. The highest BCUT2D eigenvalue weighted by Gasteiger charge is 2.46. The zero-order valence-corrected chi connectivity index (χ0v) is 37.4. The highest BCUT2D eigenvalue weighted by Crippen LogP contribution is 2.62. The van der Waals surface area contributed by atoms with E-state index in [1.54, 1.807) is 0 Å². The van der Waals surface area contributed by atoms with E-state index in [0.717, 1.165) is 0 Å². The maximum Gasteiger partial charge on any atom is 0.0708 e. The second-order valence-corrected chi connectivity index (χ2v) is 22.6. The monoisotopic (exact) mass is 780 g/mol. The SMILES string of the molecule is CC(C)(C)c1ccc2c(c1)c1cc(C(C)(C)C)cc3c1n2C1c2ccccc2-c2c(c4ccccc4c4c2c2cc(C(C)(C)C)cc5c6cc(C(C)(C)C)ccc6n4c52)C31. The van der Waals surface area contributed by atoms with Gasteiger partial charge in [-0.3, -0.25) is 0 Å². The molecule has 3 aromatic heterocycles. The first kappa shape index (κ1) is 36.3. The van der Waals surface area contributed by atoms with Crippen molar-refractivity contribution < 1.29 is 0 Å². The lowest BCUT2D eigenvalue weighted by Gasteiger charge is -2.35. The van der Waals surface area contributed by atoms with Crippen LogP contribution < -0.4 is 0 Å². The van der Waals surface area contributed by atoms with E-state index < -0.39 is 0 Å². The van der Waals surface area contributed by atoms with E-state index in [1.165, 1.54) is 121 Å². The van der Waals surface area contributed by atoms with Crippen molar-refractivity contribution in [2.24, 2.45) is 0 Å². The topological polar surface area (TPSA) is 9.34 Å². The van der Waals surface area contributed by atoms with Gasteiger partial charge in [0.15, 0.2) is 0 Å². The Morgan fingerprint density at radius 3 is 1.57 bits per heavy atom. The van der Waals surface area contributed by atoms with Crippen molar-refractivity contribution >= 4 is 70.7 Å². The van der Waals surface area contributed by atoms with E-state index in [0.29, 0.717) is 0 Å². The molecule has 0 amide bonds. The number of aromatic nitrogens is 2. The van der Waals surface area contributed by atoms with Crippen LogP contribution in [-0.4, -0.2) is 8.97 Å². The second kappa shape index (κ2) is 11.2. The summed E-state index contributed by atoms with van der Waals surface area (Å²) in [4.78, 5) is 0. The molecule has 12 rings (SSSR count). The molecule has 0 saturated heterocycles. The van der Waals surface area contributed by atoms with Crippen LogP contribution in [0.3, 0.4) is 0 Å². The van der Waals surface area contributed by atoms with Gasteiger partial charge in [-0.2, -0.15) is 0 Å². The third-order valence-electron chi connectivity index (χ3n) is 14.8. The Morgan fingerprint density at radius 2 is 0.917 bits per heavy atom. The first-order valence-electron chi connectivity index (χ1n) is 22.3. The molecule has 0 saturated carbocycles. The van der Waals surface area contributed by atoms with Crippen LogP contribution in [0.4, 0.5) is 0 Å². The van der Waals surface area contributed by atoms with Crippen molar-refractivity contribution in [3.05, 3.63) is 148 Å². The maximum absolute atomic E-state index is 2.76. The molecule has 2 nitrogen and oxygen atoms in total. The van der Waals surface area contributed by atoms with E-state index in [4.69, 9.17) is 0 Å². The quantitative estimate of drug-likeness (QED) is 0.145. The maximum atomic E-state index is 2.76. The first-order valence-corrected chi connectivity index (χ1v) is 22.3. The van der Waals surface area contributed by atoms with Gasteiger partial charge in [-0.15, -0.1) is 0 Å². The lowest BCUT2D eigenvalue weighted by Crippen LogP contribution is -2.21. The fraction of sp³-hybridized carbons (Fsp3) is 0.310. The number of hydrogen-bond donors (Lipinski definition) is 0. The number of hydrogen-bond acceptors (Lipinski definition) is 0. The Kier molecular flexibility index (Phi) is 6.77. The highest BCUT2D eigenvalue weighted by molar-refractivity contribution is 6.32. The number of rotatable bonds is 0. The molecule has 10 aromatic rings. The molecule has 2 unspecified atom stereocenters. The van der Waals surface area contributed by atoms with E-state index in [2.05, 4.69) is 201 Å². The van der Waals surface area contributed by atoms with Gasteiger partial charge in [0.05, 0.1) is 28.1 Å². The summed E-state index contributed by atoms with van der Waals surface area (Å²) >= 11 is 0. The van der Waals surface area contributed by atoms with E-state index in [9.17, 15) is 0 Å². The lowest BCUT2D eigenvalue weighted by molar-refractivity contribution is 0.576. The van der Waals surface area contributed by atoms with Gasteiger partial charge in [-0.1, -0.05) is 150 Å². The molecule has 2 aliphatic rings. The summed E-state index contributed by atoms with van der Waals surface area (Å²) in [7, 11) is 0. The molecule has 7 aromatic carbocycles. The summed E-state index contributed by atoms with van der Waals surface area (Å²) in [6.07, 6.45) is 0. The molecule has 2 atom stereocenters. The molecule has 1 aliphatic heterocycles. The molecule has 4 heterocycles. The van der Waals surface area contributed by atoms with Crippen LogP contribution in [0, 0.1) is 0 Å². The van der Waals surface area contributed by atoms with Gasteiger partial charge < -0.3 is 8.97 Å². The molecule has 0 fully saturated rings. The average Bonchev–Trinajstić information content (AvgIpc) is 3.92. The van der Waals surface area contributed by atoms with Crippen LogP contribution in [-0.2, 0) is 21.7 Å². The van der Waals surface area contributed by atoms with E-state index in [-0.39, 0.29) is 33.6 Å². The van der Waals surface area contributed by atoms with Crippen LogP contribution in [0.15, 0.2) is 109 Å². The summed E-state index contributed by atoms with van der Waals surface area (Å²) < 4.78 is 5.41. The van der Waals surface area contributed by atoms with Crippen LogP contribution in [0.1, 0.15) is 134 Å². The van der Waals surface area contributed by atoms with Gasteiger partial charge in [-0.25, -0.2) is 0 Å².